The van der Waals surface area contributed by atoms with Crippen molar-refractivity contribution in [1.82, 2.24) is 0 Å². The molecular weight excluding hydrogens is 336 g/mol. The lowest BCUT2D eigenvalue weighted by Gasteiger charge is -2.13. The lowest BCUT2D eigenvalue weighted by molar-refractivity contribution is -0.384. The van der Waals surface area contributed by atoms with Gasteiger partial charge in [0.1, 0.15) is 0 Å². The van der Waals surface area contributed by atoms with Crippen molar-refractivity contribution in [2.45, 2.75) is 13.0 Å². The van der Waals surface area contributed by atoms with Crippen molar-refractivity contribution < 1.29 is 19.2 Å². The summed E-state index contributed by atoms with van der Waals surface area (Å²) in [4.78, 5) is 34.5. The maximum Gasteiger partial charge on any atom is 0.341 e. The van der Waals surface area contributed by atoms with E-state index < -0.39 is 22.8 Å². The highest BCUT2D eigenvalue weighted by Crippen LogP contribution is 2.21. The highest BCUT2D eigenvalue weighted by molar-refractivity contribution is 6.30. The normalized spacial score (nSPS) is 11.6. The number of carbonyl (C=O) groups is 2. The standard InChI is InChI=1S/C16H13ClN2O5/c1-9(15(20)10-2-4-11(17)5-3-10)24-16(21)13-8-12(19(22)23)6-7-14(13)18/h2-9H,18H2,1H3/t9-/m1/s1. The van der Waals surface area contributed by atoms with Crippen LogP contribution in [-0.2, 0) is 4.74 Å². The van der Waals surface area contributed by atoms with Gasteiger partial charge in [-0.15, -0.1) is 0 Å². The van der Waals surface area contributed by atoms with E-state index in [1.165, 1.54) is 31.2 Å². The number of nitrogen functional groups attached to an aromatic ring is 1. The van der Waals surface area contributed by atoms with Crippen LogP contribution in [0.1, 0.15) is 27.6 Å². The van der Waals surface area contributed by atoms with Crippen LogP contribution in [0.15, 0.2) is 42.5 Å². The molecule has 0 spiro atoms. The Balaban J connectivity index is 2.17. The number of ether oxygens (including phenoxy) is 1. The predicted molar refractivity (Wildman–Crippen MR) is 88.2 cm³/mol. The van der Waals surface area contributed by atoms with E-state index in [1.807, 2.05) is 0 Å². The summed E-state index contributed by atoms with van der Waals surface area (Å²) in [6.45, 7) is 1.41. The summed E-state index contributed by atoms with van der Waals surface area (Å²) < 4.78 is 5.07. The average Bonchev–Trinajstić information content (AvgIpc) is 2.54. The molecule has 0 aliphatic carbocycles. The van der Waals surface area contributed by atoms with Gasteiger partial charge in [0.05, 0.1) is 10.5 Å². The zero-order valence-electron chi connectivity index (χ0n) is 12.6. The van der Waals surface area contributed by atoms with Gasteiger partial charge in [0.25, 0.3) is 5.69 Å². The number of nitrogens with two attached hydrogens (primary N) is 1. The fourth-order valence-corrected chi connectivity index (χ4v) is 2.09. The molecule has 7 nitrogen and oxygen atoms in total. The van der Waals surface area contributed by atoms with Gasteiger partial charge >= 0.3 is 5.97 Å². The lowest BCUT2D eigenvalue weighted by Crippen LogP contribution is -2.25. The minimum atomic E-state index is -1.09. The predicted octanol–water partition coefficient (Wildman–Crippen LogP) is 3.26. The van der Waals surface area contributed by atoms with Gasteiger partial charge in [-0.2, -0.15) is 0 Å². The van der Waals surface area contributed by atoms with Gasteiger partial charge in [0.2, 0.25) is 5.78 Å². The average molecular weight is 349 g/mol. The number of carbonyl (C=O) groups excluding carboxylic acids is 2. The van der Waals surface area contributed by atoms with E-state index in [2.05, 4.69) is 0 Å². The molecule has 0 aliphatic rings. The number of non-ortho nitro benzene ring substituents is 1. The van der Waals surface area contributed by atoms with Gasteiger partial charge in [-0.1, -0.05) is 11.6 Å². The minimum Gasteiger partial charge on any atom is -0.451 e. The molecule has 0 saturated carbocycles. The second-order valence-corrected chi connectivity index (χ2v) is 5.38. The van der Waals surface area contributed by atoms with E-state index >= 15 is 0 Å². The third-order valence-corrected chi connectivity index (χ3v) is 3.50. The van der Waals surface area contributed by atoms with Crippen LogP contribution in [0.5, 0.6) is 0 Å². The maximum atomic E-state index is 12.2. The molecule has 2 N–H and O–H groups in total. The van der Waals surface area contributed by atoms with Crippen LogP contribution in [-0.4, -0.2) is 22.8 Å². The first-order valence-electron chi connectivity index (χ1n) is 6.84. The third-order valence-electron chi connectivity index (χ3n) is 3.25. The van der Waals surface area contributed by atoms with E-state index in [1.54, 1.807) is 12.1 Å². The van der Waals surface area contributed by atoms with Crippen LogP contribution in [0.25, 0.3) is 0 Å². The van der Waals surface area contributed by atoms with Crippen molar-refractivity contribution in [3.63, 3.8) is 0 Å². The molecule has 8 heteroatoms. The van der Waals surface area contributed by atoms with Gasteiger partial charge in [0.15, 0.2) is 6.10 Å². The highest BCUT2D eigenvalue weighted by Gasteiger charge is 2.23. The van der Waals surface area contributed by atoms with Gasteiger partial charge in [0, 0.05) is 28.4 Å². The van der Waals surface area contributed by atoms with Crippen LogP contribution in [0.2, 0.25) is 5.02 Å². The number of hydrogen-bond acceptors (Lipinski definition) is 6. The zero-order chi connectivity index (χ0) is 17.9. The molecule has 2 rings (SSSR count). The van der Waals surface area contributed by atoms with E-state index in [0.29, 0.717) is 10.6 Å². The zero-order valence-corrected chi connectivity index (χ0v) is 13.3. The van der Waals surface area contributed by atoms with Crippen LogP contribution in [0.3, 0.4) is 0 Å². The number of hydrogen-bond donors (Lipinski definition) is 1. The number of nitro benzene ring substituents is 1. The number of benzene rings is 2. The number of anilines is 1. The molecule has 0 amide bonds. The first-order valence-corrected chi connectivity index (χ1v) is 7.22. The second-order valence-electron chi connectivity index (χ2n) is 4.95. The molecule has 0 aromatic heterocycles. The molecule has 0 bridgehead atoms. The van der Waals surface area contributed by atoms with Crippen molar-refractivity contribution in [2.24, 2.45) is 0 Å². The fraction of sp³-hybridized carbons (Fsp3) is 0.125. The van der Waals surface area contributed by atoms with Crippen LogP contribution in [0.4, 0.5) is 11.4 Å². The highest BCUT2D eigenvalue weighted by atomic mass is 35.5. The molecule has 2 aromatic carbocycles. The topological polar surface area (TPSA) is 113 Å². The van der Waals surface area contributed by atoms with Crippen LogP contribution >= 0.6 is 11.6 Å². The van der Waals surface area contributed by atoms with E-state index in [-0.39, 0.29) is 16.9 Å². The number of nitro groups is 1. The van der Waals surface area contributed by atoms with Gasteiger partial charge in [-0.3, -0.25) is 14.9 Å². The molecule has 0 heterocycles. The number of Topliss-reactive ketones (excluding diaryl/α,β-unsaturated/α-hetero) is 1. The Morgan fingerprint density at radius 3 is 2.42 bits per heavy atom. The first kappa shape index (κ1) is 17.4. The lowest BCUT2D eigenvalue weighted by atomic mass is 10.1. The molecule has 0 unspecified atom stereocenters. The fourth-order valence-electron chi connectivity index (χ4n) is 1.96. The number of esters is 1. The van der Waals surface area contributed by atoms with Gasteiger partial charge in [-0.05, 0) is 37.3 Å². The molecule has 124 valence electrons. The van der Waals surface area contributed by atoms with Gasteiger partial charge in [-0.25, -0.2) is 4.79 Å². The Hall–Kier alpha value is -2.93. The summed E-state index contributed by atoms with van der Waals surface area (Å²) in [5.74, 6) is -1.34. The van der Waals surface area contributed by atoms with E-state index in [0.717, 1.165) is 6.07 Å². The molecule has 0 radical (unpaired) electrons. The Bertz CT molecular complexity index is 805. The molecule has 0 fully saturated rings. The first-order chi connectivity index (χ1) is 11.3. The maximum absolute atomic E-state index is 12.2. The van der Waals surface area contributed by atoms with Gasteiger partial charge < -0.3 is 10.5 Å². The molecule has 2 aromatic rings. The summed E-state index contributed by atoms with van der Waals surface area (Å²) in [5, 5.41) is 11.3. The Kier molecular flexibility index (Phi) is 5.15. The molecule has 0 saturated heterocycles. The van der Waals surface area contributed by atoms with Crippen LogP contribution in [0, 0.1) is 10.1 Å². The minimum absolute atomic E-state index is 0.0248. The van der Waals surface area contributed by atoms with Crippen molar-refractivity contribution in [3.8, 4) is 0 Å². The van der Waals surface area contributed by atoms with Crippen molar-refractivity contribution in [1.29, 1.82) is 0 Å². The summed E-state index contributed by atoms with van der Waals surface area (Å²) in [6.07, 6.45) is -1.09. The van der Waals surface area contributed by atoms with Crippen molar-refractivity contribution in [3.05, 3.63) is 68.7 Å². The molecule has 1 atom stereocenters. The third kappa shape index (κ3) is 3.88. The Morgan fingerprint density at radius 1 is 1.21 bits per heavy atom. The number of nitrogens with zero attached hydrogens (tertiary/aromatic N) is 1. The second kappa shape index (κ2) is 7.10. The summed E-state index contributed by atoms with van der Waals surface area (Å²) >= 11 is 5.75. The van der Waals surface area contributed by atoms with Crippen molar-refractivity contribution in [2.75, 3.05) is 5.73 Å². The number of halogens is 1. The Morgan fingerprint density at radius 2 is 1.83 bits per heavy atom. The summed E-state index contributed by atoms with van der Waals surface area (Å²) in [6, 6.07) is 9.53. The van der Waals surface area contributed by atoms with E-state index in [4.69, 9.17) is 22.1 Å². The quantitative estimate of drug-likeness (QED) is 0.292. The number of rotatable bonds is 5. The SMILES string of the molecule is C[C@@H](OC(=O)c1cc([N+](=O)[O-])ccc1N)C(=O)c1ccc(Cl)cc1. The summed E-state index contributed by atoms with van der Waals surface area (Å²) in [5.41, 5.74) is 5.53. The summed E-state index contributed by atoms with van der Waals surface area (Å²) in [7, 11) is 0. The largest absolute Gasteiger partial charge is 0.451 e. The molecule has 0 aliphatic heterocycles. The molecular formula is C16H13ClN2O5. The van der Waals surface area contributed by atoms with Crippen LogP contribution < -0.4 is 5.73 Å². The smallest absolute Gasteiger partial charge is 0.341 e. The van der Waals surface area contributed by atoms with E-state index in [9.17, 15) is 19.7 Å². The Labute approximate surface area is 142 Å². The number of ketones is 1. The van der Waals surface area contributed by atoms with Crippen molar-refractivity contribution >= 4 is 34.7 Å². The monoisotopic (exact) mass is 348 g/mol. The molecule has 24 heavy (non-hydrogen) atoms.